The molecule has 1 amide bonds. The number of nitrogens with zero attached hydrogens (tertiary/aromatic N) is 2. The standard InChI is InChI=1S/C12H16ClN3O/c1-8(2)16-7-10(5-12(16)17)15-11-4-3-9(13)6-14-11/h3-4,6,8,10H,5,7H2,1-2H3,(H,14,15). The molecule has 2 rings (SSSR count). The Balaban J connectivity index is 1.97. The molecular weight excluding hydrogens is 238 g/mol. The van der Waals surface area contributed by atoms with Crippen molar-refractivity contribution in [3.8, 4) is 0 Å². The van der Waals surface area contributed by atoms with E-state index in [-0.39, 0.29) is 18.0 Å². The average Bonchev–Trinajstić information content (AvgIpc) is 2.63. The van der Waals surface area contributed by atoms with Crippen LogP contribution in [0.15, 0.2) is 18.3 Å². The second kappa shape index (κ2) is 4.92. The second-order valence-electron chi connectivity index (χ2n) is 4.55. The zero-order chi connectivity index (χ0) is 12.4. The van der Waals surface area contributed by atoms with E-state index in [1.165, 1.54) is 0 Å². The molecule has 0 bridgehead atoms. The van der Waals surface area contributed by atoms with Gasteiger partial charge in [-0.25, -0.2) is 4.98 Å². The van der Waals surface area contributed by atoms with Crippen molar-refractivity contribution in [2.45, 2.75) is 32.4 Å². The molecule has 1 aliphatic heterocycles. The van der Waals surface area contributed by atoms with Crippen LogP contribution in [-0.2, 0) is 4.79 Å². The summed E-state index contributed by atoms with van der Waals surface area (Å²) in [4.78, 5) is 17.8. The van der Waals surface area contributed by atoms with Crippen molar-refractivity contribution in [2.24, 2.45) is 0 Å². The molecule has 1 unspecified atom stereocenters. The van der Waals surface area contributed by atoms with Crippen molar-refractivity contribution in [1.82, 2.24) is 9.88 Å². The van der Waals surface area contributed by atoms with E-state index in [2.05, 4.69) is 10.3 Å². The molecule has 1 aliphatic rings. The number of hydrogen-bond donors (Lipinski definition) is 1. The molecule has 1 aromatic rings. The molecule has 0 aromatic carbocycles. The summed E-state index contributed by atoms with van der Waals surface area (Å²) in [6, 6.07) is 4.00. The van der Waals surface area contributed by atoms with E-state index < -0.39 is 0 Å². The van der Waals surface area contributed by atoms with Crippen molar-refractivity contribution in [2.75, 3.05) is 11.9 Å². The molecule has 5 heteroatoms. The lowest BCUT2D eigenvalue weighted by Gasteiger charge is -2.21. The number of anilines is 1. The Labute approximate surface area is 106 Å². The van der Waals surface area contributed by atoms with E-state index in [1.807, 2.05) is 24.8 Å². The Morgan fingerprint density at radius 2 is 2.29 bits per heavy atom. The van der Waals surface area contributed by atoms with Gasteiger partial charge in [0.15, 0.2) is 0 Å². The molecule has 1 N–H and O–H groups in total. The first kappa shape index (κ1) is 12.2. The molecule has 0 saturated carbocycles. The van der Waals surface area contributed by atoms with E-state index in [4.69, 9.17) is 11.6 Å². The number of hydrogen-bond acceptors (Lipinski definition) is 3. The molecular formula is C12H16ClN3O. The Morgan fingerprint density at radius 1 is 1.53 bits per heavy atom. The number of carbonyl (C=O) groups is 1. The van der Waals surface area contributed by atoms with Gasteiger partial charge in [0.05, 0.1) is 11.1 Å². The summed E-state index contributed by atoms with van der Waals surface area (Å²) in [7, 11) is 0. The maximum atomic E-state index is 11.7. The fraction of sp³-hybridized carbons (Fsp3) is 0.500. The molecule has 1 fully saturated rings. The van der Waals surface area contributed by atoms with Crippen LogP contribution in [0.2, 0.25) is 5.02 Å². The quantitative estimate of drug-likeness (QED) is 0.898. The molecule has 1 atom stereocenters. The van der Waals surface area contributed by atoms with Gasteiger partial charge in [0, 0.05) is 25.2 Å². The molecule has 2 heterocycles. The fourth-order valence-electron chi connectivity index (χ4n) is 2.00. The van der Waals surface area contributed by atoms with Crippen LogP contribution in [0.3, 0.4) is 0 Å². The summed E-state index contributed by atoms with van der Waals surface area (Å²) >= 11 is 5.76. The minimum absolute atomic E-state index is 0.138. The molecule has 0 aliphatic carbocycles. The SMILES string of the molecule is CC(C)N1CC(Nc2ccc(Cl)cn2)CC1=O. The summed E-state index contributed by atoms with van der Waals surface area (Å²) in [5.74, 6) is 0.962. The number of likely N-dealkylation sites (tertiary alicyclic amines) is 1. The van der Waals surface area contributed by atoms with E-state index in [9.17, 15) is 4.79 Å². The third kappa shape index (κ3) is 2.88. The van der Waals surface area contributed by atoms with E-state index in [0.29, 0.717) is 11.4 Å². The maximum absolute atomic E-state index is 11.7. The van der Waals surface area contributed by atoms with Gasteiger partial charge in [0.2, 0.25) is 5.91 Å². The molecule has 1 aromatic heterocycles. The maximum Gasteiger partial charge on any atom is 0.225 e. The number of rotatable bonds is 3. The van der Waals surface area contributed by atoms with Crippen LogP contribution in [0.4, 0.5) is 5.82 Å². The van der Waals surface area contributed by atoms with Crippen molar-refractivity contribution in [1.29, 1.82) is 0 Å². The molecule has 1 saturated heterocycles. The summed E-state index contributed by atoms with van der Waals surface area (Å²) < 4.78 is 0. The van der Waals surface area contributed by atoms with Crippen molar-refractivity contribution in [3.63, 3.8) is 0 Å². The minimum atomic E-state index is 0.138. The Kier molecular flexibility index (Phi) is 3.52. The van der Waals surface area contributed by atoms with Crippen LogP contribution in [0.25, 0.3) is 0 Å². The van der Waals surface area contributed by atoms with Crippen LogP contribution in [0, 0.1) is 0 Å². The van der Waals surface area contributed by atoms with Gasteiger partial charge in [-0.05, 0) is 26.0 Å². The summed E-state index contributed by atoms with van der Waals surface area (Å²) in [5, 5.41) is 3.86. The second-order valence-corrected chi connectivity index (χ2v) is 4.98. The first-order valence-corrected chi connectivity index (χ1v) is 6.11. The highest BCUT2D eigenvalue weighted by atomic mass is 35.5. The van der Waals surface area contributed by atoms with Gasteiger partial charge in [-0.1, -0.05) is 11.6 Å². The zero-order valence-electron chi connectivity index (χ0n) is 9.98. The molecule has 92 valence electrons. The molecule has 17 heavy (non-hydrogen) atoms. The van der Waals surface area contributed by atoms with Crippen molar-refractivity contribution >= 4 is 23.3 Å². The van der Waals surface area contributed by atoms with Crippen LogP contribution >= 0.6 is 11.6 Å². The number of amides is 1. The highest BCUT2D eigenvalue weighted by molar-refractivity contribution is 6.30. The van der Waals surface area contributed by atoms with Crippen LogP contribution in [-0.4, -0.2) is 34.4 Å². The van der Waals surface area contributed by atoms with Gasteiger partial charge in [-0.3, -0.25) is 4.79 Å². The largest absolute Gasteiger partial charge is 0.365 e. The lowest BCUT2D eigenvalue weighted by Crippen LogP contribution is -2.33. The molecule has 0 spiro atoms. The van der Waals surface area contributed by atoms with Crippen molar-refractivity contribution in [3.05, 3.63) is 23.4 Å². The Morgan fingerprint density at radius 3 is 2.82 bits per heavy atom. The number of aromatic nitrogens is 1. The number of halogens is 1. The molecule has 0 radical (unpaired) electrons. The first-order valence-electron chi connectivity index (χ1n) is 5.74. The average molecular weight is 254 g/mol. The van der Waals surface area contributed by atoms with Crippen LogP contribution in [0.5, 0.6) is 0 Å². The summed E-state index contributed by atoms with van der Waals surface area (Å²) in [6.07, 6.45) is 2.13. The topological polar surface area (TPSA) is 45.2 Å². The Bertz CT molecular complexity index is 405. The third-order valence-electron chi connectivity index (χ3n) is 2.86. The van der Waals surface area contributed by atoms with Crippen LogP contribution < -0.4 is 5.32 Å². The highest BCUT2D eigenvalue weighted by Crippen LogP contribution is 2.18. The highest BCUT2D eigenvalue weighted by Gasteiger charge is 2.30. The van der Waals surface area contributed by atoms with E-state index in [1.54, 1.807) is 12.3 Å². The van der Waals surface area contributed by atoms with Gasteiger partial charge in [0.1, 0.15) is 5.82 Å². The van der Waals surface area contributed by atoms with Gasteiger partial charge < -0.3 is 10.2 Å². The van der Waals surface area contributed by atoms with Gasteiger partial charge in [0.25, 0.3) is 0 Å². The predicted molar refractivity (Wildman–Crippen MR) is 68.1 cm³/mol. The summed E-state index contributed by atoms with van der Waals surface area (Å²) in [6.45, 7) is 4.79. The first-order chi connectivity index (χ1) is 8.06. The van der Waals surface area contributed by atoms with E-state index in [0.717, 1.165) is 12.4 Å². The van der Waals surface area contributed by atoms with Gasteiger partial charge >= 0.3 is 0 Å². The van der Waals surface area contributed by atoms with Crippen LogP contribution in [0.1, 0.15) is 20.3 Å². The lowest BCUT2D eigenvalue weighted by atomic mass is 10.2. The smallest absolute Gasteiger partial charge is 0.225 e. The van der Waals surface area contributed by atoms with Gasteiger partial charge in [-0.15, -0.1) is 0 Å². The third-order valence-corrected chi connectivity index (χ3v) is 3.08. The fourth-order valence-corrected chi connectivity index (χ4v) is 2.11. The Hall–Kier alpha value is -1.29. The summed E-state index contributed by atoms with van der Waals surface area (Å²) in [5.41, 5.74) is 0. The lowest BCUT2D eigenvalue weighted by molar-refractivity contribution is -0.129. The number of nitrogens with one attached hydrogen (secondary N) is 1. The predicted octanol–water partition coefficient (Wildman–Crippen LogP) is 2.16. The number of pyridine rings is 1. The zero-order valence-corrected chi connectivity index (χ0v) is 10.7. The number of carbonyl (C=O) groups excluding carboxylic acids is 1. The van der Waals surface area contributed by atoms with Crippen molar-refractivity contribution < 1.29 is 4.79 Å². The minimum Gasteiger partial charge on any atom is -0.365 e. The monoisotopic (exact) mass is 253 g/mol. The van der Waals surface area contributed by atoms with Gasteiger partial charge in [-0.2, -0.15) is 0 Å². The molecule has 4 nitrogen and oxygen atoms in total. The van der Waals surface area contributed by atoms with E-state index >= 15 is 0 Å². The normalized spacial score (nSPS) is 20.1.